The molecular weight excluding hydrogens is 424 g/mol. The van der Waals surface area contributed by atoms with E-state index in [9.17, 15) is 13.0 Å². The summed E-state index contributed by atoms with van der Waals surface area (Å²) in [6.45, 7) is 19.6. The SMILES string of the molecule is CCC(CC(C)(C)N(OC(C)(C)CC(c1ccc(S(=O)(=O)O)cc1)C(C)C)C(C)C)NC. The fourth-order valence-electron chi connectivity index (χ4n) is 4.53. The molecule has 0 amide bonds. The first-order chi connectivity index (χ1) is 14.5. The number of hydroxylamine groups is 2. The van der Waals surface area contributed by atoms with Crippen molar-refractivity contribution in [1.29, 1.82) is 0 Å². The Morgan fingerprint density at radius 1 is 1.03 bits per heavy atom. The van der Waals surface area contributed by atoms with Gasteiger partial charge in [-0.3, -0.25) is 9.39 Å². The Morgan fingerprint density at radius 3 is 1.94 bits per heavy atom. The van der Waals surface area contributed by atoms with Gasteiger partial charge in [-0.15, -0.1) is 0 Å². The van der Waals surface area contributed by atoms with Crippen molar-refractivity contribution in [1.82, 2.24) is 10.4 Å². The van der Waals surface area contributed by atoms with Crippen molar-refractivity contribution in [2.45, 2.75) is 116 Å². The van der Waals surface area contributed by atoms with E-state index in [1.165, 1.54) is 12.1 Å². The van der Waals surface area contributed by atoms with E-state index in [4.69, 9.17) is 4.84 Å². The lowest BCUT2D eigenvalue weighted by molar-refractivity contribution is -0.296. The number of nitrogens with one attached hydrogen (secondary N) is 1. The van der Waals surface area contributed by atoms with Crippen molar-refractivity contribution in [2.24, 2.45) is 5.92 Å². The maximum absolute atomic E-state index is 11.4. The van der Waals surface area contributed by atoms with E-state index in [2.05, 4.69) is 72.7 Å². The second-order valence-electron chi connectivity index (χ2n) is 10.8. The molecular formula is C25H46N2O4S. The minimum atomic E-state index is -4.19. The number of rotatable bonds is 13. The van der Waals surface area contributed by atoms with Gasteiger partial charge in [0.25, 0.3) is 10.1 Å². The Balaban J connectivity index is 3.12. The quantitative estimate of drug-likeness (QED) is 0.286. The highest BCUT2D eigenvalue weighted by Gasteiger charge is 2.37. The molecule has 7 heteroatoms. The summed E-state index contributed by atoms with van der Waals surface area (Å²) >= 11 is 0. The van der Waals surface area contributed by atoms with Gasteiger partial charge in [0.05, 0.1) is 10.5 Å². The molecule has 0 aromatic heterocycles. The topological polar surface area (TPSA) is 78.9 Å². The molecule has 0 spiro atoms. The normalized spacial score (nSPS) is 15.6. The lowest BCUT2D eigenvalue weighted by Gasteiger charge is -2.46. The van der Waals surface area contributed by atoms with Gasteiger partial charge in [0.1, 0.15) is 0 Å². The van der Waals surface area contributed by atoms with E-state index < -0.39 is 15.7 Å². The van der Waals surface area contributed by atoms with Crippen molar-refractivity contribution in [2.75, 3.05) is 7.05 Å². The molecule has 1 aromatic carbocycles. The van der Waals surface area contributed by atoms with E-state index in [1.54, 1.807) is 12.1 Å². The summed E-state index contributed by atoms with van der Waals surface area (Å²) in [5.41, 5.74) is 0.458. The zero-order valence-corrected chi connectivity index (χ0v) is 22.6. The molecule has 1 rings (SSSR count). The lowest BCUT2D eigenvalue weighted by atomic mass is 9.80. The lowest BCUT2D eigenvalue weighted by Crippen LogP contribution is -2.54. The van der Waals surface area contributed by atoms with Gasteiger partial charge in [-0.25, -0.2) is 0 Å². The van der Waals surface area contributed by atoms with Crippen LogP contribution < -0.4 is 5.32 Å². The molecule has 0 radical (unpaired) electrons. The Labute approximate surface area is 196 Å². The van der Waals surface area contributed by atoms with E-state index >= 15 is 0 Å². The Hall–Kier alpha value is -0.990. The van der Waals surface area contributed by atoms with E-state index in [0.29, 0.717) is 12.0 Å². The Kier molecular flexibility index (Phi) is 10.4. The van der Waals surface area contributed by atoms with Crippen LogP contribution >= 0.6 is 0 Å². The summed E-state index contributed by atoms with van der Waals surface area (Å²) in [4.78, 5) is 6.62. The van der Waals surface area contributed by atoms with Crippen molar-refractivity contribution in [3.05, 3.63) is 29.8 Å². The second-order valence-corrected chi connectivity index (χ2v) is 12.2. The first-order valence-corrected chi connectivity index (χ1v) is 13.2. The molecule has 0 aliphatic heterocycles. The van der Waals surface area contributed by atoms with Gasteiger partial charge in [-0.2, -0.15) is 13.5 Å². The zero-order chi connectivity index (χ0) is 24.9. The molecule has 1 aromatic rings. The molecule has 2 N–H and O–H groups in total. The van der Waals surface area contributed by atoms with Crippen molar-refractivity contribution < 1.29 is 17.8 Å². The van der Waals surface area contributed by atoms with Crippen LogP contribution in [0.5, 0.6) is 0 Å². The van der Waals surface area contributed by atoms with Gasteiger partial charge in [0.15, 0.2) is 0 Å². The molecule has 32 heavy (non-hydrogen) atoms. The standard InChI is InChI=1S/C25H46N2O4S/c1-11-21(26-10)16-24(6,7)27(19(4)5)31-25(8,9)17-23(18(2)3)20-12-14-22(15-13-20)32(28,29)30/h12-15,18-19,21,23,26H,11,16-17H2,1-10H3,(H,28,29,30). The summed E-state index contributed by atoms with van der Waals surface area (Å²) in [5.74, 6) is 0.516. The van der Waals surface area contributed by atoms with Crippen LogP contribution in [0.1, 0.15) is 93.1 Å². The minimum Gasteiger partial charge on any atom is -0.317 e. The second kappa shape index (κ2) is 11.4. The Bertz CT molecular complexity index is 798. The average Bonchev–Trinajstić information content (AvgIpc) is 2.67. The number of hydrogen-bond acceptors (Lipinski definition) is 5. The predicted octanol–water partition coefficient (Wildman–Crippen LogP) is 5.65. The Morgan fingerprint density at radius 2 is 1.56 bits per heavy atom. The molecule has 0 aliphatic rings. The summed E-state index contributed by atoms with van der Waals surface area (Å²) in [6.07, 6.45) is 2.81. The van der Waals surface area contributed by atoms with E-state index in [1.807, 2.05) is 7.05 Å². The van der Waals surface area contributed by atoms with E-state index in [0.717, 1.165) is 24.8 Å². The van der Waals surface area contributed by atoms with Crippen LogP contribution in [-0.2, 0) is 15.0 Å². The molecule has 0 heterocycles. The highest BCUT2D eigenvalue weighted by atomic mass is 32.2. The smallest absolute Gasteiger partial charge is 0.294 e. The zero-order valence-electron chi connectivity index (χ0n) is 21.8. The molecule has 0 fully saturated rings. The summed E-state index contributed by atoms with van der Waals surface area (Å²) in [5, 5.41) is 5.55. The minimum absolute atomic E-state index is 0.0815. The molecule has 2 unspecified atom stereocenters. The van der Waals surface area contributed by atoms with Gasteiger partial charge in [-0.1, -0.05) is 32.9 Å². The molecule has 0 aliphatic carbocycles. The maximum Gasteiger partial charge on any atom is 0.294 e. The van der Waals surface area contributed by atoms with Crippen LogP contribution in [0.3, 0.4) is 0 Å². The molecule has 0 bridgehead atoms. The summed E-state index contributed by atoms with van der Waals surface area (Å²) in [7, 11) is -2.18. The highest BCUT2D eigenvalue weighted by molar-refractivity contribution is 7.85. The van der Waals surface area contributed by atoms with Crippen LogP contribution in [0.15, 0.2) is 29.2 Å². The fraction of sp³-hybridized carbons (Fsp3) is 0.760. The fourth-order valence-corrected chi connectivity index (χ4v) is 5.01. The first-order valence-electron chi connectivity index (χ1n) is 11.8. The van der Waals surface area contributed by atoms with Crippen molar-refractivity contribution in [3.63, 3.8) is 0 Å². The highest BCUT2D eigenvalue weighted by Crippen LogP contribution is 2.37. The average molecular weight is 471 g/mol. The van der Waals surface area contributed by atoms with Gasteiger partial charge in [0, 0.05) is 17.6 Å². The number of benzene rings is 1. The first kappa shape index (κ1) is 29.0. The van der Waals surface area contributed by atoms with Crippen molar-refractivity contribution in [3.8, 4) is 0 Å². The molecule has 186 valence electrons. The van der Waals surface area contributed by atoms with Crippen LogP contribution in [0.25, 0.3) is 0 Å². The molecule has 2 atom stereocenters. The summed E-state index contributed by atoms with van der Waals surface area (Å²) < 4.78 is 32.1. The maximum atomic E-state index is 11.4. The van der Waals surface area contributed by atoms with Crippen LogP contribution in [0.4, 0.5) is 0 Å². The third-order valence-electron chi connectivity index (χ3n) is 6.18. The third kappa shape index (κ3) is 8.41. The van der Waals surface area contributed by atoms with Crippen LogP contribution in [-0.4, -0.2) is 48.3 Å². The molecule has 0 saturated heterocycles. The van der Waals surface area contributed by atoms with Gasteiger partial charge < -0.3 is 5.32 Å². The number of hydrogen-bond donors (Lipinski definition) is 2. The van der Waals surface area contributed by atoms with Crippen LogP contribution in [0.2, 0.25) is 0 Å². The number of nitrogens with zero attached hydrogens (tertiary/aromatic N) is 1. The summed E-state index contributed by atoms with van der Waals surface area (Å²) in [6, 6.07) is 7.17. The predicted molar refractivity (Wildman–Crippen MR) is 132 cm³/mol. The molecule has 6 nitrogen and oxygen atoms in total. The van der Waals surface area contributed by atoms with Crippen LogP contribution in [0, 0.1) is 5.92 Å². The van der Waals surface area contributed by atoms with Crippen molar-refractivity contribution >= 4 is 10.1 Å². The van der Waals surface area contributed by atoms with E-state index in [-0.39, 0.29) is 22.4 Å². The molecule has 0 saturated carbocycles. The van der Waals surface area contributed by atoms with Gasteiger partial charge in [-0.05, 0) is 97.4 Å². The third-order valence-corrected chi connectivity index (χ3v) is 7.05. The monoisotopic (exact) mass is 470 g/mol. The largest absolute Gasteiger partial charge is 0.317 e. The van der Waals surface area contributed by atoms with Gasteiger partial charge in [0.2, 0.25) is 0 Å². The van der Waals surface area contributed by atoms with Gasteiger partial charge >= 0.3 is 0 Å².